The Morgan fingerprint density at radius 3 is 2.44 bits per heavy atom. The molecule has 5 aliphatic rings. The van der Waals surface area contributed by atoms with Crippen LogP contribution in [0.3, 0.4) is 0 Å². The molecule has 0 unspecified atom stereocenters. The molecule has 5 atom stereocenters. The summed E-state index contributed by atoms with van der Waals surface area (Å²) in [6, 6.07) is 13.3. The lowest BCUT2D eigenvalue weighted by Crippen LogP contribution is -2.58. The number of hydrogen-bond acceptors (Lipinski definition) is 11. The van der Waals surface area contributed by atoms with Crippen molar-refractivity contribution in [3.05, 3.63) is 66.2 Å². The molecule has 0 spiro atoms. The maximum absolute atomic E-state index is 14.8. The van der Waals surface area contributed by atoms with Gasteiger partial charge in [-0.1, -0.05) is 75.2 Å². The molecule has 16 heteroatoms. The van der Waals surface area contributed by atoms with E-state index in [0.717, 1.165) is 55.0 Å². The number of para-hydroxylation sites is 1. The van der Waals surface area contributed by atoms with E-state index in [0.29, 0.717) is 60.5 Å². The molecule has 2 aromatic heterocycles. The molecule has 15 nitrogen and oxygen atoms in total. The number of rotatable bonds is 9. The fourth-order valence-corrected chi connectivity index (χ4v) is 10.5. The van der Waals surface area contributed by atoms with Gasteiger partial charge in [0.15, 0.2) is 5.82 Å². The summed E-state index contributed by atoms with van der Waals surface area (Å²) in [6.45, 7) is 5.78. The van der Waals surface area contributed by atoms with Crippen LogP contribution in [0.4, 0.5) is 4.79 Å². The summed E-state index contributed by atoms with van der Waals surface area (Å²) in [5, 5.41) is 6.53. The van der Waals surface area contributed by atoms with Gasteiger partial charge in [-0.15, -0.1) is 0 Å². The van der Waals surface area contributed by atoms with Crippen molar-refractivity contribution in [1.29, 1.82) is 0 Å². The van der Waals surface area contributed by atoms with Crippen LogP contribution in [0, 0.1) is 5.92 Å². The monoisotopic (exact) mass is 880 g/mol. The van der Waals surface area contributed by atoms with Gasteiger partial charge >= 0.3 is 6.09 Å². The number of alkyl carbamates (subject to hydrolysis) is 1. The van der Waals surface area contributed by atoms with Crippen molar-refractivity contribution >= 4 is 55.9 Å². The average molecular weight is 881 g/mol. The van der Waals surface area contributed by atoms with Gasteiger partial charge in [0.1, 0.15) is 40.9 Å². The number of benzene rings is 2. The van der Waals surface area contributed by atoms with Crippen molar-refractivity contribution in [1.82, 2.24) is 30.2 Å². The van der Waals surface area contributed by atoms with Crippen LogP contribution < -0.4 is 20.1 Å². The highest BCUT2D eigenvalue weighted by molar-refractivity contribution is 7.91. The molecular formula is C47H56N6O9S. The van der Waals surface area contributed by atoms with Gasteiger partial charge < -0.3 is 29.4 Å². The van der Waals surface area contributed by atoms with Crippen LogP contribution in [0.1, 0.15) is 116 Å². The number of ether oxygens (including phenoxy) is 2. The topological polar surface area (TPSA) is 199 Å². The Morgan fingerprint density at radius 1 is 0.952 bits per heavy atom. The van der Waals surface area contributed by atoms with Gasteiger partial charge in [0.05, 0.1) is 11.3 Å². The molecular weight excluding hydrogens is 825 g/mol. The summed E-state index contributed by atoms with van der Waals surface area (Å²) in [5.41, 5.74) is 1.81. The van der Waals surface area contributed by atoms with Crippen molar-refractivity contribution in [2.75, 3.05) is 6.54 Å². The Kier molecular flexibility index (Phi) is 11.5. The molecule has 0 radical (unpaired) electrons. The van der Waals surface area contributed by atoms with Gasteiger partial charge in [0, 0.05) is 23.3 Å². The number of sulfonamides is 1. The van der Waals surface area contributed by atoms with E-state index in [9.17, 15) is 27.6 Å². The standard InChI is InChI=1S/C47H56N6O9S/c1-28(2)29-19-21-30(22-20-29)40-49-38-34-16-11-12-18-37(34)62-39(38)42(50-40)60-33-25-36-41(54)51-47(44(56)52-63(58,59)46(3)23-24-46)26-31(47)13-7-5-4-6-8-17-35(43(55)53(36)27-33)48-45(57)61-32-14-9-10-15-32/h7,11-13,16,18-22,28,31-33,35-36H,4-6,8-10,14-15,17,23-27H2,1-3H3,(H,48,57)(H,51,54)(H,52,56)/b13-7-/t31-,33+,35-,36-,47+/m0/s1. The number of fused-ring (bicyclic) bond motifs is 5. The lowest BCUT2D eigenvalue weighted by Gasteiger charge is -2.30. The normalized spacial score (nSPS) is 26.9. The molecule has 1 saturated heterocycles. The first-order valence-electron chi connectivity index (χ1n) is 22.5. The first-order valence-corrected chi connectivity index (χ1v) is 24.0. The number of amides is 4. The predicted octanol–water partition coefficient (Wildman–Crippen LogP) is 6.95. The number of nitrogens with one attached hydrogen (secondary N) is 3. The number of carbonyl (C=O) groups excluding carboxylic acids is 4. The predicted molar refractivity (Wildman–Crippen MR) is 235 cm³/mol. The zero-order valence-corrected chi connectivity index (χ0v) is 36.9. The minimum Gasteiger partial charge on any atom is -0.470 e. The number of allylic oxidation sites excluding steroid dienone is 1. The van der Waals surface area contributed by atoms with Gasteiger partial charge in [0.25, 0.3) is 11.8 Å². The van der Waals surface area contributed by atoms with Crippen LogP contribution in [0.25, 0.3) is 33.5 Å². The molecule has 2 aliphatic heterocycles. The van der Waals surface area contributed by atoms with Crippen molar-refractivity contribution in [3.63, 3.8) is 0 Å². The molecule has 3 N–H and O–H groups in total. The van der Waals surface area contributed by atoms with Crippen LogP contribution in [-0.2, 0) is 29.1 Å². The molecule has 2 aromatic carbocycles. The summed E-state index contributed by atoms with van der Waals surface area (Å²) in [4.78, 5) is 68.1. The van der Waals surface area contributed by atoms with Gasteiger partial charge in [-0.2, -0.15) is 4.98 Å². The summed E-state index contributed by atoms with van der Waals surface area (Å²) in [7, 11) is -4.02. The van der Waals surface area contributed by atoms with Crippen LogP contribution in [0.2, 0.25) is 0 Å². The minimum atomic E-state index is -4.02. The van der Waals surface area contributed by atoms with Crippen LogP contribution >= 0.6 is 0 Å². The van der Waals surface area contributed by atoms with Gasteiger partial charge in [0.2, 0.25) is 27.4 Å². The second-order valence-corrected chi connectivity index (χ2v) is 20.8. The van der Waals surface area contributed by atoms with E-state index in [1.165, 1.54) is 4.90 Å². The molecule has 4 heterocycles. The van der Waals surface area contributed by atoms with Crippen molar-refractivity contribution in [2.45, 2.75) is 145 Å². The molecule has 3 aliphatic carbocycles. The van der Waals surface area contributed by atoms with E-state index < -0.39 is 68.2 Å². The Labute approximate surface area is 367 Å². The maximum Gasteiger partial charge on any atom is 0.408 e. The lowest BCUT2D eigenvalue weighted by molar-refractivity contribution is -0.141. The molecule has 4 fully saturated rings. The molecule has 3 saturated carbocycles. The highest BCUT2D eigenvalue weighted by atomic mass is 32.2. The van der Waals surface area contributed by atoms with E-state index >= 15 is 0 Å². The molecule has 4 amide bonds. The van der Waals surface area contributed by atoms with Gasteiger partial charge in [-0.25, -0.2) is 18.2 Å². The smallest absolute Gasteiger partial charge is 0.408 e. The van der Waals surface area contributed by atoms with Gasteiger partial charge in [-0.05, 0) is 94.7 Å². The number of hydrogen-bond donors (Lipinski definition) is 3. The quantitative estimate of drug-likeness (QED) is 0.147. The molecule has 4 aromatic rings. The Bertz CT molecular complexity index is 2560. The largest absolute Gasteiger partial charge is 0.470 e. The van der Waals surface area contributed by atoms with Crippen molar-refractivity contribution in [3.8, 4) is 17.3 Å². The number of aromatic nitrogens is 2. The summed E-state index contributed by atoms with van der Waals surface area (Å²) < 4.78 is 46.6. The summed E-state index contributed by atoms with van der Waals surface area (Å²) >= 11 is 0. The van der Waals surface area contributed by atoms with Crippen molar-refractivity contribution < 1.29 is 41.5 Å². The number of furan rings is 1. The van der Waals surface area contributed by atoms with E-state index in [2.05, 4.69) is 29.2 Å². The molecule has 63 heavy (non-hydrogen) atoms. The Morgan fingerprint density at radius 2 is 1.70 bits per heavy atom. The third kappa shape index (κ3) is 8.62. The zero-order valence-electron chi connectivity index (χ0n) is 36.1. The molecule has 334 valence electrons. The lowest BCUT2D eigenvalue weighted by atomic mass is 10.0. The number of nitrogens with zero attached hydrogens (tertiary/aromatic N) is 3. The fraction of sp³-hybridized carbons (Fsp3) is 0.532. The Balaban J connectivity index is 1.05. The van der Waals surface area contributed by atoms with E-state index in [1.807, 2.05) is 60.7 Å². The van der Waals surface area contributed by atoms with E-state index in [-0.39, 0.29) is 31.4 Å². The Hall–Kier alpha value is -5.51. The second kappa shape index (κ2) is 16.9. The minimum absolute atomic E-state index is 0.00443. The summed E-state index contributed by atoms with van der Waals surface area (Å²) in [6.07, 6.45) is 9.80. The highest BCUT2D eigenvalue weighted by Crippen LogP contribution is 2.48. The van der Waals surface area contributed by atoms with Crippen LogP contribution in [0.5, 0.6) is 5.88 Å². The SMILES string of the molecule is CC(C)c1ccc(-c2nc(O[C@@H]3C[C@H]4C(=O)N[C@]5(C(=O)NS(=O)(=O)C6(C)CC6)C[C@@H]5/C=C\CCCCC[C@H](NC(=O)OC5CCCC5)C(=O)N4C3)c3oc4ccccc4c3n2)cc1. The first-order chi connectivity index (χ1) is 30.2. The van der Waals surface area contributed by atoms with Crippen molar-refractivity contribution in [2.24, 2.45) is 5.92 Å². The maximum atomic E-state index is 14.8. The fourth-order valence-electron chi connectivity index (χ4n) is 9.23. The number of carbonyl (C=O) groups is 4. The van der Waals surface area contributed by atoms with Gasteiger partial charge in [-0.3, -0.25) is 19.1 Å². The average Bonchev–Trinajstić information content (AvgIpc) is 3.92. The first kappa shape index (κ1) is 42.8. The highest BCUT2D eigenvalue weighted by Gasteiger charge is 2.63. The van der Waals surface area contributed by atoms with Crippen LogP contribution in [0.15, 0.2) is 65.1 Å². The van der Waals surface area contributed by atoms with E-state index in [1.54, 1.807) is 6.92 Å². The molecule has 0 bridgehead atoms. The van der Waals surface area contributed by atoms with E-state index in [4.69, 9.17) is 23.9 Å². The third-order valence-corrected chi connectivity index (χ3v) is 15.8. The summed E-state index contributed by atoms with van der Waals surface area (Å²) in [5.74, 6) is -1.52. The molecule has 9 rings (SSSR count). The van der Waals surface area contributed by atoms with Crippen LogP contribution in [-0.4, -0.2) is 88.2 Å². The third-order valence-electron chi connectivity index (χ3n) is 13.6. The zero-order chi connectivity index (χ0) is 44.1. The second-order valence-electron chi connectivity index (χ2n) is 18.6.